The molecule has 0 saturated carbocycles. The molecule has 0 spiro atoms. The minimum atomic E-state index is 0.566. The minimum Gasteiger partial charge on any atom is -0.377 e. The van der Waals surface area contributed by atoms with E-state index in [2.05, 4.69) is 36.7 Å². The van der Waals surface area contributed by atoms with Crippen LogP contribution in [0.4, 0.5) is 5.69 Å². The molecule has 0 fully saturated rings. The molecule has 0 bridgehead atoms. The lowest BCUT2D eigenvalue weighted by molar-refractivity contribution is 0.628. The third-order valence-corrected chi connectivity index (χ3v) is 2.55. The molecule has 0 atom stereocenters. The average Bonchev–Trinajstić information content (AvgIpc) is 2.63. The second-order valence-electron chi connectivity index (χ2n) is 3.03. The standard InChI is InChI=1S/C9H10BrN5/c1-15-13-9(12-14-15)6-11-8-5-3-2-4-7(8)10/h2-5,11H,6H2,1H3. The zero-order valence-corrected chi connectivity index (χ0v) is 9.77. The highest BCUT2D eigenvalue weighted by Gasteiger charge is 2.01. The van der Waals surface area contributed by atoms with Gasteiger partial charge in [-0.2, -0.15) is 4.80 Å². The molecule has 1 aromatic heterocycles. The second-order valence-corrected chi connectivity index (χ2v) is 3.88. The van der Waals surface area contributed by atoms with Crippen molar-refractivity contribution in [1.29, 1.82) is 0 Å². The summed E-state index contributed by atoms with van der Waals surface area (Å²) >= 11 is 3.45. The summed E-state index contributed by atoms with van der Waals surface area (Å²) in [6.07, 6.45) is 0. The van der Waals surface area contributed by atoms with Crippen molar-refractivity contribution >= 4 is 21.6 Å². The number of tetrazole rings is 1. The van der Waals surface area contributed by atoms with E-state index in [1.165, 1.54) is 4.80 Å². The molecule has 0 saturated heterocycles. The van der Waals surface area contributed by atoms with Gasteiger partial charge in [0.1, 0.15) is 0 Å². The van der Waals surface area contributed by atoms with Crippen LogP contribution < -0.4 is 5.32 Å². The first-order valence-electron chi connectivity index (χ1n) is 4.47. The Bertz CT molecular complexity index is 453. The fourth-order valence-electron chi connectivity index (χ4n) is 1.17. The molecule has 6 heteroatoms. The molecule has 5 nitrogen and oxygen atoms in total. The van der Waals surface area contributed by atoms with E-state index in [1.54, 1.807) is 7.05 Å². The van der Waals surface area contributed by atoms with Gasteiger partial charge in [-0.1, -0.05) is 12.1 Å². The Balaban J connectivity index is 2.02. The molecule has 0 radical (unpaired) electrons. The van der Waals surface area contributed by atoms with Crippen molar-refractivity contribution in [3.8, 4) is 0 Å². The smallest absolute Gasteiger partial charge is 0.193 e. The van der Waals surface area contributed by atoms with E-state index in [0.29, 0.717) is 12.4 Å². The molecule has 78 valence electrons. The molecule has 0 aliphatic carbocycles. The largest absolute Gasteiger partial charge is 0.377 e. The van der Waals surface area contributed by atoms with Crippen LogP contribution in [0.3, 0.4) is 0 Å². The van der Waals surface area contributed by atoms with Gasteiger partial charge >= 0.3 is 0 Å². The molecule has 1 N–H and O–H groups in total. The summed E-state index contributed by atoms with van der Waals surface area (Å²) in [5.74, 6) is 0.674. The Kier molecular flexibility index (Phi) is 2.96. The van der Waals surface area contributed by atoms with Crippen molar-refractivity contribution in [3.05, 3.63) is 34.6 Å². The topological polar surface area (TPSA) is 55.6 Å². The number of halogens is 1. The van der Waals surface area contributed by atoms with Gasteiger partial charge in [-0.05, 0) is 33.3 Å². The molecule has 0 aliphatic heterocycles. The highest BCUT2D eigenvalue weighted by Crippen LogP contribution is 2.21. The van der Waals surface area contributed by atoms with E-state index < -0.39 is 0 Å². The predicted molar refractivity (Wildman–Crippen MR) is 60.3 cm³/mol. The summed E-state index contributed by atoms with van der Waals surface area (Å²) in [6, 6.07) is 7.90. The summed E-state index contributed by atoms with van der Waals surface area (Å²) in [6.45, 7) is 0.566. The van der Waals surface area contributed by atoms with Gasteiger partial charge in [0, 0.05) is 10.2 Å². The van der Waals surface area contributed by atoms with Gasteiger partial charge in [0.15, 0.2) is 5.82 Å². The van der Waals surface area contributed by atoms with E-state index in [-0.39, 0.29) is 0 Å². The number of aryl methyl sites for hydroxylation is 1. The first-order valence-corrected chi connectivity index (χ1v) is 5.26. The van der Waals surface area contributed by atoms with E-state index in [4.69, 9.17) is 0 Å². The summed E-state index contributed by atoms with van der Waals surface area (Å²) in [4.78, 5) is 1.44. The van der Waals surface area contributed by atoms with Crippen LogP contribution in [0.15, 0.2) is 28.7 Å². The van der Waals surface area contributed by atoms with Gasteiger partial charge in [0.2, 0.25) is 0 Å². The fourth-order valence-corrected chi connectivity index (χ4v) is 1.60. The molecule has 0 aliphatic rings. The van der Waals surface area contributed by atoms with Crippen LogP contribution in [0, 0.1) is 0 Å². The number of nitrogens with zero attached hydrogens (tertiary/aromatic N) is 4. The Morgan fingerprint density at radius 3 is 2.87 bits per heavy atom. The molecule has 1 aromatic carbocycles. The number of hydrogen-bond acceptors (Lipinski definition) is 4. The van der Waals surface area contributed by atoms with E-state index in [9.17, 15) is 0 Å². The van der Waals surface area contributed by atoms with Crippen molar-refractivity contribution in [1.82, 2.24) is 20.2 Å². The summed E-state index contributed by atoms with van der Waals surface area (Å²) < 4.78 is 1.02. The lowest BCUT2D eigenvalue weighted by Gasteiger charge is -2.04. The Morgan fingerprint density at radius 2 is 2.20 bits per heavy atom. The van der Waals surface area contributed by atoms with Crippen LogP contribution in [-0.4, -0.2) is 20.2 Å². The lowest BCUT2D eigenvalue weighted by atomic mass is 10.3. The first-order chi connectivity index (χ1) is 7.25. The number of benzene rings is 1. The highest BCUT2D eigenvalue weighted by atomic mass is 79.9. The van der Waals surface area contributed by atoms with Gasteiger partial charge in [-0.25, -0.2) is 0 Å². The number of para-hydroxylation sites is 1. The number of rotatable bonds is 3. The molecule has 2 rings (SSSR count). The Morgan fingerprint density at radius 1 is 1.40 bits per heavy atom. The quantitative estimate of drug-likeness (QED) is 0.918. The van der Waals surface area contributed by atoms with Gasteiger partial charge in [0.25, 0.3) is 0 Å². The predicted octanol–water partition coefficient (Wildman–Crippen LogP) is 1.58. The summed E-state index contributed by atoms with van der Waals surface area (Å²) in [7, 11) is 1.74. The third kappa shape index (κ3) is 2.53. The van der Waals surface area contributed by atoms with E-state index >= 15 is 0 Å². The van der Waals surface area contributed by atoms with Crippen molar-refractivity contribution in [3.63, 3.8) is 0 Å². The molecule has 0 amide bonds. The number of hydrogen-bond donors (Lipinski definition) is 1. The molecule has 1 heterocycles. The van der Waals surface area contributed by atoms with Crippen LogP contribution in [0.2, 0.25) is 0 Å². The van der Waals surface area contributed by atoms with Crippen LogP contribution in [-0.2, 0) is 13.6 Å². The molecule has 2 aromatic rings. The Labute approximate surface area is 95.6 Å². The fraction of sp³-hybridized carbons (Fsp3) is 0.222. The zero-order valence-electron chi connectivity index (χ0n) is 8.18. The van der Waals surface area contributed by atoms with Crippen molar-refractivity contribution in [2.75, 3.05) is 5.32 Å². The maximum Gasteiger partial charge on any atom is 0.193 e. The van der Waals surface area contributed by atoms with Gasteiger partial charge in [-0.3, -0.25) is 0 Å². The maximum atomic E-state index is 4.07. The number of aromatic nitrogens is 4. The summed E-state index contributed by atoms with van der Waals surface area (Å²) in [5.41, 5.74) is 1.02. The second kappa shape index (κ2) is 4.39. The normalized spacial score (nSPS) is 10.3. The van der Waals surface area contributed by atoms with Gasteiger partial charge < -0.3 is 5.32 Å². The molecule has 15 heavy (non-hydrogen) atoms. The average molecular weight is 268 g/mol. The number of nitrogens with one attached hydrogen (secondary N) is 1. The highest BCUT2D eigenvalue weighted by molar-refractivity contribution is 9.10. The van der Waals surface area contributed by atoms with Gasteiger partial charge in [-0.15, -0.1) is 10.2 Å². The lowest BCUT2D eigenvalue weighted by Crippen LogP contribution is -2.02. The molecular formula is C9H10BrN5. The molecule has 0 unspecified atom stereocenters. The van der Waals surface area contributed by atoms with E-state index in [1.807, 2.05) is 24.3 Å². The van der Waals surface area contributed by atoms with Crippen molar-refractivity contribution < 1.29 is 0 Å². The van der Waals surface area contributed by atoms with Crippen molar-refractivity contribution in [2.24, 2.45) is 7.05 Å². The van der Waals surface area contributed by atoms with Crippen molar-refractivity contribution in [2.45, 2.75) is 6.54 Å². The summed E-state index contributed by atoms with van der Waals surface area (Å²) in [5, 5.41) is 14.9. The monoisotopic (exact) mass is 267 g/mol. The molecular weight excluding hydrogens is 258 g/mol. The van der Waals surface area contributed by atoms with E-state index in [0.717, 1.165) is 10.2 Å². The van der Waals surface area contributed by atoms with Crippen LogP contribution in [0.25, 0.3) is 0 Å². The van der Waals surface area contributed by atoms with Crippen LogP contribution in [0.1, 0.15) is 5.82 Å². The first kappa shape index (κ1) is 10.1. The SMILES string of the molecule is Cn1nnc(CNc2ccccc2Br)n1. The van der Waals surface area contributed by atoms with Crippen LogP contribution in [0.5, 0.6) is 0 Å². The maximum absolute atomic E-state index is 4.07. The van der Waals surface area contributed by atoms with Gasteiger partial charge in [0.05, 0.1) is 13.6 Å². The zero-order chi connectivity index (χ0) is 10.7. The Hall–Kier alpha value is -1.43. The minimum absolute atomic E-state index is 0.566. The van der Waals surface area contributed by atoms with Crippen LogP contribution >= 0.6 is 15.9 Å². The number of anilines is 1. The third-order valence-electron chi connectivity index (χ3n) is 1.86.